The molecule has 5 nitrogen and oxygen atoms in total. The molecule has 0 radical (unpaired) electrons. The highest BCUT2D eigenvalue weighted by atomic mass is 16.5. The third kappa shape index (κ3) is 1.73. The van der Waals surface area contributed by atoms with E-state index in [1.807, 2.05) is 18.2 Å². The zero-order valence-corrected chi connectivity index (χ0v) is 10.0. The number of carbonyl (C=O) groups excluding carboxylic acids is 1. The third-order valence-corrected chi connectivity index (χ3v) is 3.09. The Kier molecular flexibility index (Phi) is 2.33. The Morgan fingerprint density at radius 1 is 1.33 bits per heavy atom. The lowest BCUT2D eigenvalue weighted by Gasteiger charge is -2.12. The van der Waals surface area contributed by atoms with Gasteiger partial charge >= 0.3 is 0 Å². The molecule has 0 saturated heterocycles. The maximum absolute atomic E-state index is 12.2. The molecule has 2 N–H and O–H groups in total. The molecule has 1 aromatic carbocycles. The number of anilines is 1. The number of fused-ring (bicyclic) bond motifs is 1. The standard InChI is InChI=1S/C13H13N3O2/c1-8-4-12(15-18-8)13(17)16-6-9-2-3-11(14)5-10(9)7-16/h2-5H,6-7,14H2,1H3. The van der Waals surface area contributed by atoms with Gasteiger partial charge in [0.05, 0.1) is 0 Å². The van der Waals surface area contributed by atoms with Crippen LogP contribution in [0.4, 0.5) is 5.69 Å². The number of carbonyl (C=O) groups is 1. The third-order valence-electron chi connectivity index (χ3n) is 3.09. The lowest BCUT2D eigenvalue weighted by atomic mass is 10.1. The Hall–Kier alpha value is -2.30. The van der Waals surface area contributed by atoms with Crippen LogP contribution >= 0.6 is 0 Å². The van der Waals surface area contributed by atoms with E-state index in [0.29, 0.717) is 24.5 Å². The summed E-state index contributed by atoms with van der Waals surface area (Å²) in [6.45, 7) is 2.94. The van der Waals surface area contributed by atoms with Crippen LogP contribution in [0, 0.1) is 6.92 Å². The van der Waals surface area contributed by atoms with Crippen LogP contribution in [-0.4, -0.2) is 16.0 Å². The van der Waals surface area contributed by atoms with Crippen LogP contribution in [0.2, 0.25) is 0 Å². The van der Waals surface area contributed by atoms with Gasteiger partial charge in [0.25, 0.3) is 5.91 Å². The predicted octanol–water partition coefficient (Wildman–Crippen LogP) is 1.72. The summed E-state index contributed by atoms with van der Waals surface area (Å²) in [5.74, 6) is 0.529. The minimum atomic E-state index is -0.110. The molecule has 1 aliphatic rings. The van der Waals surface area contributed by atoms with E-state index < -0.39 is 0 Å². The van der Waals surface area contributed by atoms with Gasteiger partial charge < -0.3 is 15.2 Å². The van der Waals surface area contributed by atoms with Crippen LogP contribution in [0.1, 0.15) is 27.4 Å². The highest BCUT2D eigenvalue weighted by molar-refractivity contribution is 5.92. The van der Waals surface area contributed by atoms with Gasteiger partial charge in [-0.05, 0) is 30.2 Å². The number of benzene rings is 1. The summed E-state index contributed by atoms with van der Waals surface area (Å²) in [4.78, 5) is 13.9. The van der Waals surface area contributed by atoms with Gasteiger partial charge in [0.15, 0.2) is 5.69 Å². The molecule has 92 valence electrons. The van der Waals surface area contributed by atoms with E-state index in [1.54, 1.807) is 17.9 Å². The lowest BCUT2D eigenvalue weighted by Crippen LogP contribution is -2.25. The molecule has 0 saturated carbocycles. The van der Waals surface area contributed by atoms with Crippen LogP contribution in [0.3, 0.4) is 0 Å². The number of hydrogen-bond donors (Lipinski definition) is 1. The summed E-state index contributed by atoms with van der Waals surface area (Å²) in [6.07, 6.45) is 0. The first-order valence-electron chi connectivity index (χ1n) is 5.73. The van der Waals surface area contributed by atoms with Gasteiger partial charge in [0.1, 0.15) is 5.76 Å². The lowest BCUT2D eigenvalue weighted by molar-refractivity contribution is 0.0741. The Morgan fingerprint density at radius 2 is 2.11 bits per heavy atom. The first-order valence-corrected chi connectivity index (χ1v) is 5.73. The van der Waals surface area contributed by atoms with Crippen molar-refractivity contribution in [3.8, 4) is 0 Å². The fourth-order valence-corrected chi connectivity index (χ4v) is 2.19. The molecule has 0 unspecified atom stereocenters. The smallest absolute Gasteiger partial charge is 0.276 e. The van der Waals surface area contributed by atoms with Crippen molar-refractivity contribution in [2.75, 3.05) is 5.73 Å². The van der Waals surface area contributed by atoms with Gasteiger partial charge in [-0.1, -0.05) is 11.2 Å². The molecule has 2 aromatic rings. The molecule has 0 atom stereocenters. The molecular formula is C13H13N3O2. The monoisotopic (exact) mass is 243 g/mol. The predicted molar refractivity (Wildman–Crippen MR) is 65.7 cm³/mol. The van der Waals surface area contributed by atoms with Crippen LogP contribution in [0.5, 0.6) is 0 Å². The number of nitrogen functional groups attached to an aromatic ring is 1. The molecule has 0 aliphatic carbocycles. The van der Waals surface area contributed by atoms with Gasteiger partial charge in [-0.2, -0.15) is 0 Å². The number of nitrogens with zero attached hydrogens (tertiary/aromatic N) is 2. The van der Waals surface area contributed by atoms with E-state index in [2.05, 4.69) is 5.16 Å². The van der Waals surface area contributed by atoms with Crippen molar-refractivity contribution in [3.05, 3.63) is 46.8 Å². The molecule has 5 heteroatoms. The maximum Gasteiger partial charge on any atom is 0.276 e. The van der Waals surface area contributed by atoms with Gasteiger partial charge in [0, 0.05) is 24.8 Å². The topological polar surface area (TPSA) is 72.4 Å². The van der Waals surface area contributed by atoms with Crippen LogP contribution in [-0.2, 0) is 13.1 Å². The van der Waals surface area contributed by atoms with E-state index in [-0.39, 0.29) is 5.91 Å². The molecule has 0 fully saturated rings. The summed E-state index contributed by atoms with van der Waals surface area (Å²) in [7, 11) is 0. The largest absolute Gasteiger partial charge is 0.399 e. The molecule has 0 bridgehead atoms. The van der Waals surface area contributed by atoms with Gasteiger partial charge in [0.2, 0.25) is 0 Å². The second kappa shape index (κ2) is 3.87. The molecule has 0 spiro atoms. The maximum atomic E-state index is 12.2. The van der Waals surface area contributed by atoms with Crippen molar-refractivity contribution in [1.82, 2.24) is 10.1 Å². The normalized spacial score (nSPS) is 13.7. The van der Waals surface area contributed by atoms with Crippen molar-refractivity contribution in [2.24, 2.45) is 0 Å². The number of aromatic nitrogens is 1. The zero-order chi connectivity index (χ0) is 12.7. The van der Waals surface area contributed by atoms with Crippen LogP contribution in [0.25, 0.3) is 0 Å². The minimum absolute atomic E-state index is 0.110. The van der Waals surface area contributed by atoms with Gasteiger partial charge in [-0.3, -0.25) is 4.79 Å². The van der Waals surface area contributed by atoms with E-state index in [0.717, 1.165) is 16.8 Å². The summed E-state index contributed by atoms with van der Waals surface area (Å²) >= 11 is 0. The zero-order valence-electron chi connectivity index (χ0n) is 10.0. The Morgan fingerprint density at radius 3 is 2.83 bits per heavy atom. The summed E-state index contributed by atoms with van der Waals surface area (Å²) < 4.78 is 4.92. The first kappa shape index (κ1) is 10.8. The second-order valence-electron chi connectivity index (χ2n) is 4.51. The number of nitrogens with two attached hydrogens (primary N) is 1. The molecule has 2 heterocycles. The Bertz CT molecular complexity index is 618. The first-order chi connectivity index (χ1) is 8.63. The van der Waals surface area contributed by atoms with Crippen molar-refractivity contribution in [1.29, 1.82) is 0 Å². The number of rotatable bonds is 1. The highest BCUT2D eigenvalue weighted by Gasteiger charge is 2.26. The average molecular weight is 243 g/mol. The van der Waals surface area contributed by atoms with Crippen molar-refractivity contribution in [2.45, 2.75) is 20.0 Å². The summed E-state index contributed by atoms with van der Waals surface area (Å²) in [5, 5.41) is 3.75. The van der Waals surface area contributed by atoms with Crippen molar-refractivity contribution in [3.63, 3.8) is 0 Å². The average Bonchev–Trinajstić information content (AvgIpc) is 2.93. The molecule has 1 amide bonds. The number of aryl methyl sites for hydroxylation is 1. The number of hydrogen-bond acceptors (Lipinski definition) is 4. The molecular weight excluding hydrogens is 230 g/mol. The molecule has 3 rings (SSSR count). The Balaban J connectivity index is 1.83. The second-order valence-corrected chi connectivity index (χ2v) is 4.51. The van der Waals surface area contributed by atoms with E-state index in [9.17, 15) is 4.79 Å². The summed E-state index contributed by atoms with van der Waals surface area (Å²) in [6, 6.07) is 7.38. The van der Waals surface area contributed by atoms with Crippen LogP contribution in [0.15, 0.2) is 28.8 Å². The molecule has 18 heavy (non-hydrogen) atoms. The summed E-state index contributed by atoms with van der Waals surface area (Å²) in [5.41, 5.74) is 9.05. The quantitative estimate of drug-likeness (QED) is 0.774. The molecule has 1 aromatic heterocycles. The minimum Gasteiger partial charge on any atom is -0.399 e. The Labute approximate surface area is 104 Å². The highest BCUT2D eigenvalue weighted by Crippen LogP contribution is 2.25. The van der Waals surface area contributed by atoms with E-state index >= 15 is 0 Å². The van der Waals surface area contributed by atoms with Gasteiger partial charge in [-0.25, -0.2) is 0 Å². The van der Waals surface area contributed by atoms with E-state index in [1.165, 1.54) is 0 Å². The van der Waals surface area contributed by atoms with Crippen molar-refractivity contribution < 1.29 is 9.32 Å². The fourth-order valence-electron chi connectivity index (χ4n) is 2.19. The van der Waals surface area contributed by atoms with E-state index in [4.69, 9.17) is 10.3 Å². The van der Waals surface area contributed by atoms with Crippen molar-refractivity contribution >= 4 is 11.6 Å². The van der Waals surface area contributed by atoms with Crippen LogP contribution < -0.4 is 5.73 Å². The fraction of sp³-hybridized carbons (Fsp3) is 0.231. The SMILES string of the molecule is Cc1cc(C(=O)N2Cc3ccc(N)cc3C2)no1. The molecule has 1 aliphatic heterocycles. The van der Waals surface area contributed by atoms with Gasteiger partial charge in [-0.15, -0.1) is 0 Å². The number of amides is 1.